The fraction of sp³-hybridized carbons (Fsp3) is 0.625. The molecule has 1 aliphatic rings. The van der Waals surface area contributed by atoms with Crippen molar-refractivity contribution in [1.82, 2.24) is 5.32 Å². The Morgan fingerprint density at radius 3 is 2.56 bits per heavy atom. The van der Waals surface area contributed by atoms with Crippen molar-refractivity contribution in [2.24, 2.45) is 11.1 Å². The summed E-state index contributed by atoms with van der Waals surface area (Å²) in [4.78, 5) is 0. The summed E-state index contributed by atoms with van der Waals surface area (Å²) in [6.45, 7) is 7.66. The Labute approximate surface area is 111 Å². The normalized spacial score (nSPS) is 25.9. The van der Waals surface area contributed by atoms with Gasteiger partial charge in [0.05, 0.1) is 5.54 Å². The fourth-order valence-electron chi connectivity index (χ4n) is 2.89. The van der Waals surface area contributed by atoms with Crippen LogP contribution in [0.25, 0.3) is 0 Å². The first-order valence-corrected chi connectivity index (χ1v) is 6.97. The molecule has 0 aromatic heterocycles. The summed E-state index contributed by atoms with van der Waals surface area (Å²) >= 11 is 0. The molecule has 0 aliphatic heterocycles. The van der Waals surface area contributed by atoms with Crippen LogP contribution in [0, 0.1) is 5.41 Å². The van der Waals surface area contributed by atoms with Crippen molar-refractivity contribution in [3.05, 3.63) is 35.9 Å². The Morgan fingerprint density at radius 2 is 2.00 bits per heavy atom. The zero-order valence-corrected chi connectivity index (χ0v) is 11.9. The van der Waals surface area contributed by atoms with Crippen molar-refractivity contribution in [3.8, 4) is 0 Å². The molecule has 3 N–H and O–H groups in total. The molecule has 1 aromatic carbocycles. The van der Waals surface area contributed by atoms with Crippen molar-refractivity contribution < 1.29 is 0 Å². The Morgan fingerprint density at radius 1 is 1.33 bits per heavy atom. The van der Waals surface area contributed by atoms with Gasteiger partial charge in [-0.1, -0.05) is 44.2 Å². The third-order valence-electron chi connectivity index (χ3n) is 4.16. The van der Waals surface area contributed by atoms with E-state index in [1.54, 1.807) is 0 Å². The van der Waals surface area contributed by atoms with E-state index in [0.717, 1.165) is 6.54 Å². The van der Waals surface area contributed by atoms with Gasteiger partial charge in [0.25, 0.3) is 0 Å². The topological polar surface area (TPSA) is 38.0 Å². The molecular formula is C16H26N2. The molecule has 2 heteroatoms. The van der Waals surface area contributed by atoms with Crippen LogP contribution in [0.1, 0.15) is 45.6 Å². The summed E-state index contributed by atoms with van der Waals surface area (Å²) < 4.78 is 0. The van der Waals surface area contributed by atoms with Gasteiger partial charge in [-0.15, -0.1) is 0 Å². The van der Waals surface area contributed by atoms with Crippen LogP contribution in [-0.2, 0) is 5.54 Å². The quantitative estimate of drug-likeness (QED) is 0.857. The number of hydrogen-bond acceptors (Lipinski definition) is 2. The van der Waals surface area contributed by atoms with Crippen molar-refractivity contribution in [2.45, 2.75) is 51.6 Å². The van der Waals surface area contributed by atoms with Gasteiger partial charge in [-0.3, -0.25) is 0 Å². The van der Waals surface area contributed by atoms with Crippen molar-refractivity contribution in [1.29, 1.82) is 0 Å². The molecule has 1 aromatic rings. The number of rotatable bonds is 4. The second kappa shape index (κ2) is 5.02. The van der Waals surface area contributed by atoms with Gasteiger partial charge in [-0.25, -0.2) is 0 Å². The lowest BCUT2D eigenvalue weighted by Crippen LogP contribution is -2.46. The Balaban J connectivity index is 1.90. The minimum absolute atomic E-state index is 0.284. The summed E-state index contributed by atoms with van der Waals surface area (Å²) in [5.74, 6) is 0. The second-order valence-electron chi connectivity index (χ2n) is 6.77. The molecule has 1 saturated carbocycles. The summed E-state index contributed by atoms with van der Waals surface area (Å²) in [6, 6.07) is 11.0. The van der Waals surface area contributed by atoms with E-state index in [4.69, 9.17) is 5.73 Å². The molecule has 0 radical (unpaired) electrons. The molecule has 1 fully saturated rings. The fourth-order valence-corrected chi connectivity index (χ4v) is 2.89. The van der Waals surface area contributed by atoms with Crippen molar-refractivity contribution >= 4 is 0 Å². The molecule has 100 valence electrons. The highest BCUT2D eigenvalue weighted by Crippen LogP contribution is 2.37. The molecule has 0 bridgehead atoms. The standard InChI is InChI=1S/C16H26N2/c1-15(2)10-9-14(11-15)18-12-16(3,17)13-7-5-4-6-8-13/h4-8,14,18H,9-12,17H2,1-3H3. The zero-order chi connectivity index (χ0) is 13.2. The van der Waals surface area contributed by atoms with Gasteiger partial charge in [0.1, 0.15) is 0 Å². The highest BCUT2D eigenvalue weighted by molar-refractivity contribution is 5.23. The second-order valence-corrected chi connectivity index (χ2v) is 6.77. The number of benzene rings is 1. The zero-order valence-electron chi connectivity index (χ0n) is 11.9. The highest BCUT2D eigenvalue weighted by atomic mass is 15.0. The van der Waals surface area contributed by atoms with Crippen LogP contribution in [0.15, 0.2) is 30.3 Å². The van der Waals surface area contributed by atoms with Crippen LogP contribution in [-0.4, -0.2) is 12.6 Å². The molecule has 2 rings (SSSR count). The van der Waals surface area contributed by atoms with Gasteiger partial charge in [-0.2, -0.15) is 0 Å². The van der Waals surface area contributed by atoms with E-state index in [0.29, 0.717) is 11.5 Å². The third-order valence-corrected chi connectivity index (χ3v) is 4.16. The monoisotopic (exact) mass is 246 g/mol. The van der Waals surface area contributed by atoms with Gasteiger partial charge in [0, 0.05) is 12.6 Å². The summed E-state index contributed by atoms with van der Waals surface area (Å²) in [5, 5.41) is 3.65. The van der Waals surface area contributed by atoms with E-state index in [9.17, 15) is 0 Å². The number of nitrogens with one attached hydrogen (secondary N) is 1. The van der Waals surface area contributed by atoms with Crippen LogP contribution >= 0.6 is 0 Å². The largest absolute Gasteiger partial charge is 0.321 e. The molecule has 0 spiro atoms. The predicted molar refractivity (Wildman–Crippen MR) is 77.4 cm³/mol. The SMILES string of the molecule is CC1(C)CCC(NCC(C)(N)c2ccccc2)C1. The van der Waals surface area contributed by atoms with E-state index in [2.05, 4.69) is 50.4 Å². The number of nitrogens with two attached hydrogens (primary N) is 1. The van der Waals surface area contributed by atoms with E-state index in [1.165, 1.54) is 24.8 Å². The van der Waals surface area contributed by atoms with Crippen LogP contribution in [0.2, 0.25) is 0 Å². The average Bonchev–Trinajstić information content (AvgIpc) is 2.68. The van der Waals surface area contributed by atoms with Crippen molar-refractivity contribution in [2.75, 3.05) is 6.54 Å². The maximum atomic E-state index is 6.42. The lowest BCUT2D eigenvalue weighted by atomic mass is 9.91. The van der Waals surface area contributed by atoms with E-state index >= 15 is 0 Å². The molecular weight excluding hydrogens is 220 g/mol. The molecule has 2 unspecified atom stereocenters. The minimum Gasteiger partial charge on any atom is -0.321 e. The van der Waals surface area contributed by atoms with Crippen molar-refractivity contribution in [3.63, 3.8) is 0 Å². The maximum Gasteiger partial charge on any atom is 0.0507 e. The van der Waals surface area contributed by atoms with Gasteiger partial charge >= 0.3 is 0 Å². The van der Waals surface area contributed by atoms with Gasteiger partial charge in [-0.05, 0) is 37.2 Å². The first kappa shape index (κ1) is 13.6. The van der Waals surface area contributed by atoms with E-state index < -0.39 is 0 Å². The van der Waals surface area contributed by atoms with Crippen LogP contribution in [0.3, 0.4) is 0 Å². The molecule has 0 heterocycles. The summed E-state index contributed by atoms with van der Waals surface area (Å²) in [7, 11) is 0. The predicted octanol–water partition coefficient (Wildman–Crippen LogP) is 3.03. The molecule has 0 amide bonds. The lowest BCUT2D eigenvalue weighted by Gasteiger charge is -2.28. The Bertz CT molecular complexity index is 381. The lowest BCUT2D eigenvalue weighted by molar-refractivity contribution is 0.349. The highest BCUT2D eigenvalue weighted by Gasteiger charge is 2.32. The Hall–Kier alpha value is -0.860. The van der Waals surface area contributed by atoms with E-state index in [1.807, 2.05) is 6.07 Å². The van der Waals surface area contributed by atoms with E-state index in [-0.39, 0.29) is 5.54 Å². The molecule has 0 saturated heterocycles. The van der Waals surface area contributed by atoms with Gasteiger partial charge < -0.3 is 11.1 Å². The van der Waals surface area contributed by atoms with Crippen LogP contribution in [0.5, 0.6) is 0 Å². The first-order chi connectivity index (χ1) is 8.39. The minimum atomic E-state index is -0.284. The molecule has 2 atom stereocenters. The van der Waals surface area contributed by atoms with Crippen LogP contribution in [0.4, 0.5) is 0 Å². The average molecular weight is 246 g/mol. The number of hydrogen-bond donors (Lipinski definition) is 2. The maximum absolute atomic E-state index is 6.42. The third kappa shape index (κ3) is 3.33. The van der Waals surface area contributed by atoms with Gasteiger partial charge in [0.2, 0.25) is 0 Å². The molecule has 18 heavy (non-hydrogen) atoms. The molecule has 2 nitrogen and oxygen atoms in total. The Kier molecular flexibility index (Phi) is 3.79. The summed E-state index contributed by atoms with van der Waals surface area (Å²) in [6.07, 6.45) is 3.85. The van der Waals surface area contributed by atoms with Crippen LogP contribution < -0.4 is 11.1 Å². The van der Waals surface area contributed by atoms with Gasteiger partial charge in [0.15, 0.2) is 0 Å². The smallest absolute Gasteiger partial charge is 0.0507 e. The summed E-state index contributed by atoms with van der Waals surface area (Å²) in [5.41, 5.74) is 7.84. The first-order valence-electron chi connectivity index (χ1n) is 6.97. The molecule has 1 aliphatic carbocycles.